The van der Waals surface area contributed by atoms with Crippen molar-refractivity contribution >= 4 is 58.5 Å². The number of carbonyl (C=O) groups is 4. The van der Waals surface area contributed by atoms with Crippen molar-refractivity contribution in [1.29, 1.82) is 0 Å². The van der Waals surface area contributed by atoms with Crippen molar-refractivity contribution in [2.75, 3.05) is 35.2 Å². The molecule has 2 fully saturated rings. The van der Waals surface area contributed by atoms with Gasteiger partial charge in [0.15, 0.2) is 0 Å². The van der Waals surface area contributed by atoms with E-state index in [1.165, 1.54) is 23.5 Å². The second kappa shape index (κ2) is 11.4. The van der Waals surface area contributed by atoms with Crippen LogP contribution in [0.3, 0.4) is 0 Å². The lowest BCUT2D eigenvalue weighted by atomic mass is 10.0. The number of carbonyl (C=O) groups excluding carboxylic acids is 4. The first kappa shape index (κ1) is 26.5. The second-order valence-corrected chi connectivity index (χ2v) is 11.4. The Bertz CT molecular complexity index is 1190. The lowest BCUT2D eigenvalue weighted by molar-refractivity contribution is -0.118. The van der Waals surface area contributed by atoms with Crippen LogP contribution in [0.2, 0.25) is 0 Å². The molecule has 10 nitrogen and oxygen atoms in total. The molecular weight excluding hydrogens is 524 g/mol. The summed E-state index contributed by atoms with van der Waals surface area (Å²) in [5, 5.41) is 17.7. The van der Waals surface area contributed by atoms with E-state index in [2.05, 4.69) is 31.9 Å². The Kier molecular flexibility index (Phi) is 7.93. The van der Waals surface area contributed by atoms with E-state index in [-0.39, 0.29) is 34.4 Å². The summed E-state index contributed by atoms with van der Waals surface area (Å²) in [6, 6.07) is 9.46. The summed E-state index contributed by atoms with van der Waals surface area (Å²) in [5.41, 5.74) is 3.55. The number of anilines is 2. The molecule has 4 atom stereocenters. The molecule has 3 aliphatic heterocycles. The number of rotatable bonds is 4. The third-order valence-corrected chi connectivity index (χ3v) is 9.06. The van der Waals surface area contributed by atoms with Gasteiger partial charge in [0.05, 0.1) is 22.8 Å². The van der Waals surface area contributed by atoms with Crippen molar-refractivity contribution in [3.05, 3.63) is 58.7 Å². The van der Waals surface area contributed by atoms with Gasteiger partial charge in [0, 0.05) is 47.1 Å². The van der Waals surface area contributed by atoms with Crippen molar-refractivity contribution in [3.8, 4) is 0 Å². The third kappa shape index (κ3) is 5.39. The first-order chi connectivity index (χ1) is 18.4. The van der Waals surface area contributed by atoms with E-state index in [1.54, 1.807) is 36.4 Å². The number of amides is 4. The van der Waals surface area contributed by atoms with Crippen molar-refractivity contribution in [2.24, 2.45) is 0 Å². The highest BCUT2D eigenvalue weighted by Gasteiger charge is 2.36. The van der Waals surface area contributed by atoms with E-state index in [4.69, 9.17) is 0 Å². The Morgan fingerprint density at radius 2 is 1.18 bits per heavy atom. The van der Waals surface area contributed by atoms with Crippen LogP contribution < -0.4 is 31.9 Å². The Labute approximate surface area is 229 Å². The lowest BCUT2D eigenvalue weighted by Gasteiger charge is -2.21. The maximum absolute atomic E-state index is 13.2. The Hall–Kier alpha value is -3.06. The van der Waals surface area contributed by atoms with Crippen LogP contribution >= 0.6 is 23.5 Å². The van der Waals surface area contributed by atoms with E-state index in [9.17, 15) is 19.2 Å². The Morgan fingerprint density at radius 3 is 1.58 bits per heavy atom. The first-order valence-corrected chi connectivity index (χ1v) is 14.7. The van der Waals surface area contributed by atoms with Crippen LogP contribution in [-0.4, -0.2) is 60.3 Å². The molecule has 3 aliphatic rings. The van der Waals surface area contributed by atoms with Crippen molar-refractivity contribution in [3.63, 3.8) is 0 Å². The molecule has 4 amide bonds. The van der Waals surface area contributed by atoms with Gasteiger partial charge in [0.2, 0.25) is 11.8 Å². The van der Waals surface area contributed by atoms with Crippen molar-refractivity contribution in [1.82, 2.24) is 21.3 Å². The lowest BCUT2D eigenvalue weighted by Crippen LogP contribution is -2.40. The third-order valence-electron chi connectivity index (χ3n) is 6.56. The molecule has 38 heavy (non-hydrogen) atoms. The number of hydrogen-bond donors (Lipinski definition) is 6. The van der Waals surface area contributed by atoms with Gasteiger partial charge < -0.3 is 21.3 Å². The number of nitrogens with one attached hydrogen (secondary N) is 6. The van der Waals surface area contributed by atoms with E-state index < -0.39 is 12.1 Å². The average Bonchev–Trinajstić information content (AvgIpc) is 3.59. The highest BCUT2D eigenvalue weighted by Crippen LogP contribution is 2.39. The van der Waals surface area contributed by atoms with Crippen molar-refractivity contribution in [2.45, 2.75) is 36.7 Å². The fraction of sp³-hybridized carbons (Fsp3) is 0.385. The van der Waals surface area contributed by atoms with Gasteiger partial charge >= 0.3 is 0 Å². The van der Waals surface area contributed by atoms with Gasteiger partial charge in [-0.15, -0.1) is 23.5 Å². The van der Waals surface area contributed by atoms with Crippen LogP contribution in [-0.2, 0) is 9.59 Å². The second-order valence-electron chi connectivity index (χ2n) is 9.17. The monoisotopic (exact) mass is 554 g/mol. The predicted molar refractivity (Wildman–Crippen MR) is 150 cm³/mol. The number of fused-ring (bicyclic) bond motifs is 10. The van der Waals surface area contributed by atoms with E-state index in [0.717, 1.165) is 0 Å². The van der Waals surface area contributed by atoms with Crippen LogP contribution in [0.4, 0.5) is 11.4 Å². The van der Waals surface area contributed by atoms with E-state index >= 15 is 0 Å². The van der Waals surface area contributed by atoms with Gasteiger partial charge in [0.1, 0.15) is 0 Å². The molecule has 8 bridgehead atoms. The molecule has 4 unspecified atom stereocenters. The maximum Gasteiger partial charge on any atom is 0.251 e. The molecule has 0 aliphatic carbocycles. The predicted octanol–water partition coefficient (Wildman–Crippen LogP) is 2.18. The molecule has 5 rings (SSSR count). The highest BCUT2D eigenvalue weighted by atomic mass is 32.2. The molecule has 0 aromatic heterocycles. The Morgan fingerprint density at radius 1 is 0.763 bits per heavy atom. The molecule has 0 spiro atoms. The molecule has 2 aromatic carbocycles. The summed E-state index contributed by atoms with van der Waals surface area (Å²) in [6.45, 7) is 4.68. The summed E-state index contributed by atoms with van der Waals surface area (Å²) in [4.78, 5) is 52.0. The summed E-state index contributed by atoms with van der Waals surface area (Å²) in [7, 11) is 0. The topological polar surface area (TPSA) is 140 Å². The molecule has 2 aromatic rings. The minimum absolute atomic E-state index is 0.197. The quantitative estimate of drug-likeness (QED) is 0.338. The van der Waals surface area contributed by atoms with Crippen LogP contribution in [0.25, 0.3) is 0 Å². The maximum atomic E-state index is 13.2. The zero-order chi connectivity index (χ0) is 26.8. The first-order valence-electron chi connectivity index (χ1n) is 12.6. The van der Waals surface area contributed by atoms with Crippen molar-refractivity contribution < 1.29 is 19.2 Å². The molecule has 3 heterocycles. The highest BCUT2D eigenvalue weighted by molar-refractivity contribution is 8.00. The fourth-order valence-electron chi connectivity index (χ4n) is 4.70. The van der Waals surface area contributed by atoms with Crippen LogP contribution in [0, 0.1) is 0 Å². The number of thioether (sulfide) groups is 2. The zero-order valence-corrected chi connectivity index (χ0v) is 22.7. The van der Waals surface area contributed by atoms with E-state index in [1.807, 2.05) is 13.8 Å². The van der Waals surface area contributed by atoms with Gasteiger partial charge in [0.25, 0.3) is 11.8 Å². The molecular formula is C26H30N6O4S2. The standard InChI is InChI=1S/C26H30N6O4S2/c1-3-27-21(33)15-7-5-13-9-17(15)25-31-19(11-37-25)23(35)30-14-6-8-16(22(34)28-4-2)18(10-14)26-32-20(12-38-26)24(36)29-13/h5-10,19-20,25-26,31-32H,3-4,11-12H2,1-2H3,(H,27,33)(H,28,34)(H,29,36)(H,30,35). The van der Waals surface area contributed by atoms with Crippen LogP contribution in [0.1, 0.15) is 56.4 Å². The normalized spacial score (nSPS) is 24.4. The average molecular weight is 555 g/mol. The number of benzene rings is 2. The summed E-state index contributed by atoms with van der Waals surface area (Å²) in [6.07, 6.45) is 0. The SMILES string of the molecule is CCNC(=O)c1ccc2cc1C1NC(CS1)C(=O)Nc1ccc(C(=O)NCC)c(c1)C1NC(CS1)C(=O)N2. The van der Waals surface area contributed by atoms with Gasteiger partial charge in [-0.25, -0.2) is 0 Å². The van der Waals surface area contributed by atoms with Gasteiger partial charge in [-0.3, -0.25) is 29.8 Å². The number of hydrogen-bond acceptors (Lipinski definition) is 8. The van der Waals surface area contributed by atoms with Gasteiger partial charge in [-0.2, -0.15) is 0 Å². The van der Waals surface area contributed by atoms with Crippen LogP contribution in [0.15, 0.2) is 36.4 Å². The van der Waals surface area contributed by atoms with Gasteiger partial charge in [-0.1, -0.05) is 0 Å². The van der Waals surface area contributed by atoms with Gasteiger partial charge in [-0.05, 0) is 61.4 Å². The molecule has 2 saturated heterocycles. The summed E-state index contributed by atoms with van der Waals surface area (Å²) < 4.78 is 0. The van der Waals surface area contributed by atoms with Crippen LogP contribution in [0.5, 0.6) is 0 Å². The smallest absolute Gasteiger partial charge is 0.251 e. The zero-order valence-electron chi connectivity index (χ0n) is 21.1. The summed E-state index contributed by atoms with van der Waals surface area (Å²) in [5.74, 6) is 0.209. The molecule has 6 N–H and O–H groups in total. The summed E-state index contributed by atoms with van der Waals surface area (Å²) >= 11 is 3.06. The molecule has 200 valence electrons. The largest absolute Gasteiger partial charge is 0.352 e. The Balaban J connectivity index is 1.52. The van der Waals surface area contributed by atoms with E-state index in [0.29, 0.717) is 58.2 Å². The fourth-order valence-corrected chi connectivity index (χ4v) is 7.24. The molecule has 12 heteroatoms. The minimum Gasteiger partial charge on any atom is -0.352 e. The molecule has 0 saturated carbocycles. The molecule has 0 radical (unpaired) electrons. The minimum atomic E-state index is -0.492.